The van der Waals surface area contributed by atoms with Gasteiger partial charge in [-0.3, -0.25) is 10.1 Å². The second-order valence-electron chi connectivity index (χ2n) is 9.79. The number of carbonyl (C=O) groups excluding carboxylic acids is 2. The van der Waals surface area contributed by atoms with Crippen molar-refractivity contribution < 1.29 is 58.0 Å². The van der Waals surface area contributed by atoms with E-state index in [1.54, 1.807) is 0 Å². The molecule has 0 radical (unpaired) electrons. The number of carbonyl (C=O) groups is 2. The van der Waals surface area contributed by atoms with E-state index < -0.39 is 73.1 Å². The van der Waals surface area contributed by atoms with E-state index >= 15 is 0 Å². The summed E-state index contributed by atoms with van der Waals surface area (Å²) in [6.07, 6.45) is -16.1. The van der Waals surface area contributed by atoms with E-state index in [0.717, 1.165) is 29.2 Å². The maximum Gasteiger partial charge on any atom is 0.435 e. The van der Waals surface area contributed by atoms with Gasteiger partial charge in [0.05, 0.1) is 10.9 Å². The molecule has 3 atom stereocenters. The molecule has 1 unspecified atom stereocenters. The Labute approximate surface area is 226 Å². The molecule has 5 rings (SSSR count). The predicted octanol–water partition coefficient (Wildman–Crippen LogP) is 3.90. The number of nitrogens with one attached hydrogen (secondary N) is 2. The summed E-state index contributed by atoms with van der Waals surface area (Å²) >= 11 is 0. The standard InChI is InChI=1S/C24H19F8N3O5S/c25-14-3-5-15(6-4-14)41(38,39)21-9-10-35(19(36)18-33-20(37)40-34-18)17(21)8-1-12-11-13(2-7-16(12)21)22(26,23(27,28)29)24(30,31)32/h2-7,11,17-18,34H,1,8-10H2,(H,33,37)/t17-,18?,21-/m1/s1. The number of sulfone groups is 1. The summed E-state index contributed by atoms with van der Waals surface area (Å²) in [5.41, 5.74) is -5.88. The summed E-state index contributed by atoms with van der Waals surface area (Å²) in [6, 6.07) is 3.66. The molecule has 2 saturated heterocycles. The molecule has 2 aromatic carbocycles. The largest absolute Gasteiger partial charge is 0.435 e. The summed E-state index contributed by atoms with van der Waals surface area (Å²) in [6.45, 7) is -0.253. The Kier molecular flexibility index (Phi) is 6.57. The second-order valence-corrected chi connectivity index (χ2v) is 12.0. The molecule has 2 N–H and O–H groups in total. The van der Waals surface area contributed by atoms with E-state index in [1.807, 2.05) is 0 Å². The molecule has 0 saturated carbocycles. The van der Waals surface area contributed by atoms with Gasteiger partial charge in [0, 0.05) is 12.1 Å². The highest BCUT2D eigenvalue weighted by atomic mass is 32.2. The number of hydroxylamine groups is 1. The smallest absolute Gasteiger partial charge is 0.351 e. The van der Waals surface area contributed by atoms with Crippen LogP contribution in [0.4, 0.5) is 39.9 Å². The average Bonchev–Trinajstić information content (AvgIpc) is 3.51. The van der Waals surface area contributed by atoms with Crippen LogP contribution in [0.25, 0.3) is 0 Å². The SMILES string of the molecule is O=C1NC(C(=O)N2CC[C@@]3(S(=O)(=O)c4ccc(F)cc4)c4ccc(C(F)(C(F)(F)F)C(F)(F)F)cc4CC[C@@H]23)NO1. The fraction of sp³-hybridized carbons (Fsp3) is 0.417. The number of alkyl halides is 7. The summed E-state index contributed by atoms with van der Waals surface area (Å²) < 4.78 is 136. The van der Waals surface area contributed by atoms with Crippen molar-refractivity contribution in [3.63, 3.8) is 0 Å². The van der Waals surface area contributed by atoms with Crippen LogP contribution in [0.1, 0.15) is 29.5 Å². The fourth-order valence-electron chi connectivity index (χ4n) is 5.89. The Morgan fingerprint density at radius 2 is 1.63 bits per heavy atom. The Morgan fingerprint density at radius 3 is 2.20 bits per heavy atom. The molecule has 2 aromatic rings. The Morgan fingerprint density at radius 1 is 1.00 bits per heavy atom. The predicted molar refractivity (Wildman–Crippen MR) is 122 cm³/mol. The van der Waals surface area contributed by atoms with Crippen LogP contribution in [0.2, 0.25) is 0 Å². The van der Waals surface area contributed by atoms with Gasteiger partial charge in [0.15, 0.2) is 16.0 Å². The molecule has 3 aliphatic rings. The first-order valence-electron chi connectivity index (χ1n) is 11.9. The zero-order chi connectivity index (χ0) is 30.2. The molecule has 17 heteroatoms. The monoisotopic (exact) mass is 613 g/mol. The highest BCUT2D eigenvalue weighted by molar-refractivity contribution is 7.92. The number of aryl methyl sites for hydroxylation is 1. The molecule has 0 bridgehead atoms. The third kappa shape index (κ3) is 4.14. The topological polar surface area (TPSA) is 105 Å². The van der Waals surface area contributed by atoms with E-state index in [-0.39, 0.29) is 43.0 Å². The lowest BCUT2D eigenvalue weighted by atomic mass is 9.76. The van der Waals surface area contributed by atoms with Gasteiger partial charge in [-0.1, -0.05) is 18.2 Å². The van der Waals surface area contributed by atoms with Crippen LogP contribution in [-0.4, -0.2) is 56.4 Å². The lowest BCUT2D eigenvalue weighted by Crippen LogP contribution is -2.56. The van der Waals surface area contributed by atoms with E-state index in [2.05, 4.69) is 15.6 Å². The van der Waals surface area contributed by atoms with Crippen LogP contribution >= 0.6 is 0 Å². The van der Waals surface area contributed by atoms with Gasteiger partial charge in [0.1, 0.15) is 10.6 Å². The van der Waals surface area contributed by atoms with Crippen LogP contribution < -0.4 is 10.8 Å². The van der Waals surface area contributed by atoms with Crippen LogP contribution in [0, 0.1) is 5.82 Å². The molecule has 2 amide bonds. The zero-order valence-corrected chi connectivity index (χ0v) is 21.3. The lowest BCUT2D eigenvalue weighted by Gasteiger charge is -2.43. The molecule has 41 heavy (non-hydrogen) atoms. The molecular formula is C24H19F8N3O5S. The number of rotatable bonds is 4. The van der Waals surface area contributed by atoms with Crippen molar-refractivity contribution in [1.82, 2.24) is 15.7 Å². The number of benzene rings is 2. The fourth-order valence-corrected chi connectivity index (χ4v) is 8.25. The average molecular weight is 613 g/mol. The Hall–Kier alpha value is -3.47. The highest BCUT2D eigenvalue weighted by Crippen LogP contribution is 2.56. The lowest BCUT2D eigenvalue weighted by molar-refractivity contribution is -0.348. The van der Waals surface area contributed by atoms with Gasteiger partial charge in [-0.25, -0.2) is 22.0 Å². The molecule has 2 aliphatic heterocycles. The van der Waals surface area contributed by atoms with Gasteiger partial charge >= 0.3 is 24.1 Å². The molecule has 2 fully saturated rings. The number of amides is 2. The number of hydrogen-bond donors (Lipinski definition) is 2. The molecule has 1 aliphatic carbocycles. The minimum atomic E-state index is -6.38. The maximum absolute atomic E-state index is 14.9. The summed E-state index contributed by atoms with van der Waals surface area (Å²) in [5.74, 6) is -1.59. The summed E-state index contributed by atoms with van der Waals surface area (Å²) in [7, 11) is -4.63. The quantitative estimate of drug-likeness (QED) is 0.401. The van der Waals surface area contributed by atoms with E-state index in [0.29, 0.717) is 12.1 Å². The first-order valence-corrected chi connectivity index (χ1v) is 13.4. The van der Waals surface area contributed by atoms with Gasteiger partial charge in [-0.15, -0.1) is 5.48 Å². The second kappa shape index (κ2) is 9.27. The minimum absolute atomic E-state index is 0.219. The third-order valence-electron chi connectivity index (χ3n) is 7.73. The zero-order valence-electron chi connectivity index (χ0n) is 20.4. The number of nitrogens with zero attached hydrogens (tertiary/aromatic N) is 1. The normalized spacial score (nSPS) is 24.9. The van der Waals surface area contributed by atoms with Gasteiger partial charge < -0.3 is 9.74 Å². The van der Waals surface area contributed by atoms with Crippen molar-refractivity contribution >= 4 is 21.8 Å². The van der Waals surface area contributed by atoms with Crippen LogP contribution in [0.15, 0.2) is 47.4 Å². The highest BCUT2D eigenvalue weighted by Gasteiger charge is 2.74. The van der Waals surface area contributed by atoms with Crippen molar-refractivity contribution in [3.8, 4) is 0 Å². The number of hydrogen-bond acceptors (Lipinski definition) is 6. The summed E-state index contributed by atoms with van der Waals surface area (Å²) in [4.78, 5) is 29.9. The summed E-state index contributed by atoms with van der Waals surface area (Å²) in [5, 5.41) is 2.18. The van der Waals surface area contributed by atoms with E-state index in [1.165, 1.54) is 0 Å². The molecule has 8 nitrogen and oxygen atoms in total. The molecular weight excluding hydrogens is 594 g/mol. The maximum atomic E-state index is 14.9. The number of halogens is 8. The third-order valence-corrected chi connectivity index (χ3v) is 10.3. The number of fused-ring (bicyclic) bond motifs is 3. The van der Waals surface area contributed by atoms with Crippen molar-refractivity contribution in [2.24, 2.45) is 0 Å². The molecule has 222 valence electrons. The minimum Gasteiger partial charge on any atom is -0.351 e. The Bertz CT molecular complexity index is 1500. The van der Waals surface area contributed by atoms with Crippen LogP contribution in [-0.2, 0) is 36.3 Å². The van der Waals surface area contributed by atoms with Gasteiger partial charge in [-0.05, 0) is 54.7 Å². The van der Waals surface area contributed by atoms with Gasteiger partial charge in [0.25, 0.3) is 5.91 Å². The molecule has 0 spiro atoms. The van der Waals surface area contributed by atoms with Gasteiger partial charge in [0.2, 0.25) is 0 Å². The van der Waals surface area contributed by atoms with E-state index in [4.69, 9.17) is 0 Å². The van der Waals surface area contributed by atoms with Crippen molar-refractivity contribution in [3.05, 3.63) is 65.0 Å². The molecule has 0 aromatic heterocycles. The van der Waals surface area contributed by atoms with Crippen molar-refractivity contribution in [2.75, 3.05) is 6.54 Å². The number of likely N-dealkylation sites (tertiary alicyclic amines) is 1. The van der Waals surface area contributed by atoms with E-state index in [9.17, 15) is 53.1 Å². The van der Waals surface area contributed by atoms with Crippen molar-refractivity contribution in [2.45, 2.75) is 59.1 Å². The van der Waals surface area contributed by atoms with Gasteiger partial charge in [-0.2, -0.15) is 26.3 Å². The molecule has 2 heterocycles. The van der Waals surface area contributed by atoms with Crippen LogP contribution in [0.5, 0.6) is 0 Å². The first kappa shape index (κ1) is 29.0. The van der Waals surface area contributed by atoms with Crippen LogP contribution in [0.3, 0.4) is 0 Å². The van der Waals surface area contributed by atoms with Crippen molar-refractivity contribution in [1.29, 1.82) is 0 Å². The Balaban J connectivity index is 1.68. The first-order chi connectivity index (χ1) is 18.9.